The molecule has 0 fully saturated rings. The molecule has 1 N–H and O–H groups in total. The monoisotopic (exact) mass is 337 g/mol. The molecule has 0 saturated carbocycles. The van der Waals surface area contributed by atoms with Crippen LogP contribution in [0.3, 0.4) is 0 Å². The van der Waals surface area contributed by atoms with Crippen molar-refractivity contribution < 1.29 is 14.3 Å². The largest absolute Gasteiger partial charge is 0.492 e. The minimum absolute atomic E-state index is 0.105. The van der Waals surface area contributed by atoms with Gasteiger partial charge in [0, 0.05) is 12.4 Å². The van der Waals surface area contributed by atoms with E-state index in [1.807, 2.05) is 60.2 Å². The van der Waals surface area contributed by atoms with Gasteiger partial charge in [-0.15, -0.1) is 0 Å². The summed E-state index contributed by atoms with van der Waals surface area (Å²) in [5.74, 6) is 0.985. The number of nitrogens with one attached hydrogen (secondary N) is 1. The Morgan fingerprint density at radius 2 is 1.84 bits per heavy atom. The highest BCUT2D eigenvalue weighted by atomic mass is 16.5. The van der Waals surface area contributed by atoms with E-state index in [1.54, 1.807) is 18.6 Å². The zero-order valence-corrected chi connectivity index (χ0v) is 13.9. The number of anilines is 1. The Balaban J connectivity index is 1.66. The van der Waals surface area contributed by atoms with Crippen LogP contribution in [0.15, 0.2) is 67.3 Å². The topological polar surface area (TPSA) is 65.4 Å². The molecule has 3 aromatic rings. The van der Waals surface area contributed by atoms with Crippen molar-refractivity contribution in [2.45, 2.75) is 6.92 Å². The lowest BCUT2D eigenvalue weighted by Gasteiger charge is -2.13. The Labute approximate surface area is 146 Å². The fraction of sp³-hybridized carbons (Fsp3) is 0.158. The standard InChI is InChI=1S/C19H19N3O3/c1-2-24-17-9-5-3-7-15(17)21-19(23)13-25-18-10-6-4-8-16(18)22-12-11-20-14-22/h3-12,14H,2,13H2,1H3,(H,21,23). The molecule has 1 heterocycles. The van der Waals surface area contributed by atoms with Crippen LogP contribution in [0.4, 0.5) is 5.69 Å². The first kappa shape index (κ1) is 16.6. The van der Waals surface area contributed by atoms with Gasteiger partial charge >= 0.3 is 0 Å². The first-order valence-corrected chi connectivity index (χ1v) is 7.99. The number of carbonyl (C=O) groups is 1. The molecule has 3 rings (SSSR count). The van der Waals surface area contributed by atoms with Gasteiger partial charge in [-0.3, -0.25) is 4.79 Å². The number of nitrogens with zero attached hydrogens (tertiary/aromatic N) is 2. The highest BCUT2D eigenvalue weighted by Crippen LogP contribution is 2.24. The molecule has 0 bridgehead atoms. The molecular weight excluding hydrogens is 318 g/mol. The van der Waals surface area contributed by atoms with Crippen molar-refractivity contribution in [3.63, 3.8) is 0 Å². The second kappa shape index (κ2) is 8.01. The molecule has 1 amide bonds. The molecule has 1 aromatic heterocycles. The van der Waals surface area contributed by atoms with Crippen molar-refractivity contribution in [2.75, 3.05) is 18.5 Å². The third kappa shape index (κ3) is 4.17. The summed E-state index contributed by atoms with van der Waals surface area (Å²) in [6.07, 6.45) is 5.19. The molecule has 128 valence electrons. The second-order valence-corrected chi connectivity index (χ2v) is 5.20. The van der Waals surface area contributed by atoms with Gasteiger partial charge in [0.15, 0.2) is 6.61 Å². The van der Waals surface area contributed by atoms with Crippen molar-refractivity contribution in [2.24, 2.45) is 0 Å². The molecule has 2 aromatic carbocycles. The molecule has 0 saturated heterocycles. The average Bonchev–Trinajstić information content (AvgIpc) is 3.17. The van der Waals surface area contributed by atoms with Crippen molar-refractivity contribution in [3.05, 3.63) is 67.3 Å². The number of benzene rings is 2. The second-order valence-electron chi connectivity index (χ2n) is 5.20. The lowest BCUT2D eigenvalue weighted by atomic mass is 10.3. The minimum atomic E-state index is -0.257. The van der Waals surface area contributed by atoms with Gasteiger partial charge in [-0.2, -0.15) is 0 Å². The highest BCUT2D eigenvalue weighted by Gasteiger charge is 2.10. The summed E-state index contributed by atoms with van der Waals surface area (Å²) in [7, 11) is 0. The van der Waals surface area contributed by atoms with E-state index >= 15 is 0 Å². The number of hydrogen-bond acceptors (Lipinski definition) is 4. The van der Waals surface area contributed by atoms with E-state index in [1.165, 1.54) is 0 Å². The van der Waals surface area contributed by atoms with E-state index in [2.05, 4.69) is 10.3 Å². The Kier molecular flexibility index (Phi) is 5.31. The van der Waals surface area contributed by atoms with Crippen LogP contribution in [0, 0.1) is 0 Å². The van der Waals surface area contributed by atoms with E-state index in [4.69, 9.17) is 9.47 Å². The van der Waals surface area contributed by atoms with Crippen molar-refractivity contribution in [1.29, 1.82) is 0 Å². The lowest BCUT2D eigenvalue weighted by molar-refractivity contribution is -0.118. The summed E-state index contributed by atoms with van der Waals surface area (Å²) in [6, 6.07) is 14.8. The number of para-hydroxylation sites is 4. The predicted molar refractivity (Wildman–Crippen MR) is 95.3 cm³/mol. The summed E-state index contributed by atoms with van der Waals surface area (Å²) >= 11 is 0. The molecule has 25 heavy (non-hydrogen) atoms. The van der Waals surface area contributed by atoms with Crippen LogP contribution in [-0.4, -0.2) is 28.7 Å². The maximum Gasteiger partial charge on any atom is 0.262 e. The summed E-state index contributed by atoms with van der Waals surface area (Å²) in [4.78, 5) is 16.3. The van der Waals surface area contributed by atoms with Gasteiger partial charge < -0.3 is 19.4 Å². The molecule has 0 aliphatic rings. The van der Waals surface area contributed by atoms with Crippen LogP contribution in [0.2, 0.25) is 0 Å². The Morgan fingerprint density at radius 1 is 1.08 bits per heavy atom. The summed E-state index contributed by atoms with van der Waals surface area (Å²) in [5.41, 5.74) is 1.45. The zero-order valence-electron chi connectivity index (χ0n) is 13.9. The van der Waals surface area contributed by atoms with Crippen molar-refractivity contribution >= 4 is 11.6 Å². The van der Waals surface area contributed by atoms with E-state index in [9.17, 15) is 4.79 Å². The molecule has 6 heteroatoms. The quantitative estimate of drug-likeness (QED) is 0.718. The van der Waals surface area contributed by atoms with Crippen LogP contribution >= 0.6 is 0 Å². The number of rotatable bonds is 7. The van der Waals surface area contributed by atoms with Crippen LogP contribution in [0.25, 0.3) is 5.69 Å². The van der Waals surface area contributed by atoms with Gasteiger partial charge in [0.1, 0.15) is 11.5 Å². The molecule has 0 spiro atoms. The molecule has 0 radical (unpaired) electrons. The smallest absolute Gasteiger partial charge is 0.262 e. The van der Waals surface area contributed by atoms with Gasteiger partial charge in [-0.1, -0.05) is 24.3 Å². The molecule has 0 aliphatic heterocycles. The first-order chi connectivity index (χ1) is 12.3. The molecule has 0 atom stereocenters. The van der Waals surface area contributed by atoms with E-state index in [0.717, 1.165) is 5.69 Å². The van der Waals surface area contributed by atoms with Crippen molar-refractivity contribution in [1.82, 2.24) is 9.55 Å². The van der Waals surface area contributed by atoms with Gasteiger partial charge in [-0.05, 0) is 31.2 Å². The van der Waals surface area contributed by atoms with E-state index < -0.39 is 0 Å². The number of aromatic nitrogens is 2. The van der Waals surface area contributed by atoms with Crippen LogP contribution in [0.1, 0.15) is 6.92 Å². The highest BCUT2D eigenvalue weighted by molar-refractivity contribution is 5.93. The summed E-state index contributed by atoms with van der Waals surface area (Å²) in [6.45, 7) is 2.32. The molecule has 0 aliphatic carbocycles. The minimum Gasteiger partial charge on any atom is -0.492 e. The average molecular weight is 337 g/mol. The predicted octanol–water partition coefficient (Wildman–Crippen LogP) is 3.29. The fourth-order valence-corrected chi connectivity index (χ4v) is 2.38. The number of ether oxygens (including phenoxy) is 2. The molecule has 6 nitrogen and oxygen atoms in total. The van der Waals surface area contributed by atoms with Gasteiger partial charge in [0.05, 0.1) is 24.3 Å². The lowest BCUT2D eigenvalue weighted by Crippen LogP contribution is -2.21. The number of imidazole rings is 1. The SMILES string of the molecule is CCOc1ccccc1NC(=O)COc1ccccc1-n1ccnc1. The fourth-order valence-electron chi connectivity index (χ4n) is 2.38. The van der Waals surface area contributed by atoms with Gasteiger partial charge in [0.2, 0.25) is 0 Å². The Bertz CT molecular complexity index is 831. The van der Waals surface area contributed by atoms with Crippen LogP contribution < -0.4 is 14.8 Å². The summed E-state index contributed by atoms with van der Waals surface area (Å²) < 4.78 is 13.0. The van der Waals surface area contributed by atoms with E-state index in [-0.39, 0.29) is 12.5 Å². The maximum absolute atomic E-state index is 12.2. The van der Waals surface area contributed by atoms with Crippen molar-refractivity contribution in [3.8, 4) is 17.2 Å². The first-order valence-electron chi connectivity index (χ1n) is 7.99. The Morgan fingerprint density at radius 3 is 2.60 bits per heavy atom. The van der Waals surface area contributed by atoms with Crippen LogP contribution in [-0.2, 0) is 4.79 Å². The van der Waals surface area contributed by atoms with Crippen LogP contribution in [0.5, 0.6) is 11.5 Å². The number of hydrogen-bond donors (Lipinski definition) is 1. The zero-order chi connectivity index (χ0) is 17.5. The Hall–Kier alpha value is -3.28. The number of carbonyl (C=O) groups excluding carboxylic acids is 1. The maximum atomic E-state index is 12.2. The summed E-state index contributed by atoms with van der Waals surface area (Å²) in [5, 5.41) is 2.81. The number of amides is 1. The molecule has 0 unspecified atom stereocenters. The third-order valence-corrected chi connectivity index (χ3v) is 3.47. The molecular formula is C19H19N3O3. The van der Waals surface area contributed by atoms with E-state index in [0.29, 0.717) is 23.8 Å². The van der Waals surface area contributed by atoms with Gasteiger partial charge in [0.25, 0.3) is 5.91 Å². The van der Waals surface area contributed by atoms with Gasteiger partial charge in [-0.25, -0.2) is 4.98 Å². The normalized spacial score (nSPS) is 10.3. The third-order valence-electron chi connectivity index (χ3n) is 3.47.